The number of carbonyl (C=O) groups is 1. The first-order valence-electron chi connectivity index (χ1n) is 4.28. The van der Waals surface area contributed by atoms with Gasteiger partial charge in [0.2, 0.25) is 0 Å². The molecule has 0 radical (unpaired) electrons. The highest BCUT2D eigenvalue weighted by Crippen LogP contribution is 2.11. The third-order valence-electron chi connectivity index (χ3n) is 1.83. The summed E-state index contributed by atoms with van der Waals surface area (Å²) in [7, 11) is 0. The van der Waals surface area contributed by atoms with E-state index in [1.807, 2.05) is 0 Å². The molecule has 0 saturated carbocycles. The molecule has 2 aromatic rings. The number of carbonyl (C=O) groups excluding carboxylic acids is 1. The lowest BCUT2D eigenvalue weighted by atomic mass is 10.2. The maximum Gasteiger partial charge on any atom is 0.186 e. The second-order valence-corrected chi connectivity index (χ2v) is 4.34. The predicted octanol–water partition coefficient (Wildman–Crippen LogP) is 2.62. The Hall–Kier alpha value is -1.26. The number of Topliss-reactive ketones (excluding diaryl/α,β-unsaturated/α-hetero) is 1. The molecule has 0 aliphatic rings. The van der Waals surface area contributed by atoms with Crippen LogP contribution in [-0.2, 0) is 6.42 Å². The van der Waals surface area contributed by atoms with Crippen molar-refractivity contribution in [1.82, 2.24) is 9.97 Å². The van der Waals surface area contributed by atoms with Gasteiger partial charge in [-0.1, -0.05) is 11.6 Å². The van der Waals surface area contributed by atoms with E-state index >= 15 is 0 Å². The van der Waals surface area contributed by atoms with Crippen molar-refractivity contribution in [1.29, 1.82) is 0 Å². The molecular formula is C10H7ClN2OS. The number of halogens is 1. The largest absolute Gasteiger partial charge is 0.292 e. The number of thiazole rings is 1. The summed E-state index contributed by atoms with van der Waals surface area (Å²) in [4.78, 5) is 20.5. The Bertz CT molecular complexity index is 453. The van der Waals surface area contributed by atoms with E-state index in [9.17, 15) is 4.79 Å². The molecule has 0 N–H and O–H groups in total. The van der Waals surface area contributed by atoms with Crippen LogP contribution in [0.25, 0.3) is 0 Å². The van der Waals surface area contributed by atoms with Crippen molar-refractivity contribution in [3.05, 3.63) is 45.6 Å². The summed E-state index contributed by atoms with van der Waals surface area (Å²) in [5.74, 6) is -0.0177. The van der Waals surface area contributed by atoms with Crippen LogP contribution >= 0.6 is 22.9 Å². The van der Waals surface area contributed by atoms with E-state index in [-0.39, 0.29) is 5.78 Å². The van der Waals surface area contributed by atoms with Crippen molar-refractivity contribution in [3.63, 3.8) is 0 Å². The van der Waals surface area contributed by atoms with E-state index < -0.39 is 0 Å². The van der Waals surface area contributed by atoms with E-state index in [0.29, 0.717) is 17.1 Å². The fourth-order valence-electron chi connectivity index (χ4n) is 1.12. The van der Waals surface area contributed by atoms with Gasteiger partial charge in [-0.25, -0.2) is 0 Å². The van der Waals surface area contributed by atoms with Crippen LogP contribution in [0.15, 0.2) is 30.0 Å². The molecule has 0 unspecified atom stereocenters. The number of pyridine rings is 1. The second kappa shape index (κ2) is 4.51. The van der Waals surface area contributed by atoms with Gasteiger partial charge in [0, 0.05) is 23.7 Å². The van der Waals surface area contributed by atoms with Gasteiger partial charge in [0.25, 0.3) is 0 Å². The number of aromatic nitrogens is 2. The SMILES string of the molecule is O=C(Cc1cncs1)c1ccc(Cl)cn1. The summed E-state index contributed by atoms with van der Waals surface area (Å²) in [5, 5.41) is 0.532. The molecule has 0 aliphatic carbocycles. The Morgan fingerprint density at radius 3 is 2.87 bits per heavy atom. The molecule has 2 heterocycles. The van der Waals surface area contributed by atoms with Gasteiger partial charge < -0.3 is 0 Å². The number of nitrogens with zero attached hydrogens (tertiary/aromatic N) is 2. The number of hydrogen-bond donors (Lipinski definition) is 0. The average molecular weight is 239 g/mol. The van der Waals surface area contributed by atoms with Crippen LogP contribution in [-0.4, -0.2) is 15.8 Å². The minimum absolute atomic E-state index is 0.0177. The Kier molecular flexibility index (Phi) is 3.08. The Balaban J connectivity index is 2.11. The van der Waals surface area contributed by atoms with Crippen molar-refractivity contribution >= 4 is 28.7 Å². The highest BCUT2D eigenvalue weighted by molar-refractivity contribution is 7.09. The lowest BCUT2D eigenvalue weighted by molar-refractivity contribution is 0.0989. The fraction of sp³-hybridized carbons (Fsp3) is 0.100. The van der Waals surface area contributed by atoms with Crippen molar-refractivity contribution in [2.45, 2.75) is 6.42 Å². The first-order chi connectivity index (χ1) is 7.25. The first-order valence-corrected chi connectivity index (χ1v) is 5.53. The van der Waals surface area contributed by atoms with E-state index in [4.69, 9.17) is 11.6 Å². The number of ketones is 1. The third kappa shape index (κ3) is 2.61. The van der Waals surface area contributed by atoms with Gasteiger partial charge in [0.1, 0.15) is 5.69 Å². The molecule has 0 fully saturated rings. The van der Waals surface area contributed by atoms with Gasteiger partial charge in [0.15, 0.2) is 5.78 Å². The zero-order valence-corrected chi connectivity index (χ0v) is 9.26. The van der Waals surface area contributed by atoms with Gasteiger partial charge in [0.05, 0.1) is 10.5 Å². The highest BCUT2D eigenvalue weighted by atomic mass is 35.5. The van der Waals surface area contributed by atoms with E-state index in [1.165, 1.54) is 17.5 Å². The normalized spacial score (nSPS) is 10.2. The maximum absolute atomic E-state index is 11.7. The van der Waals surface area contributed by atoms with E-state index in [1.54, 1.807) is 23.8 Å². The van der Waals surface area contributed by atoms with Crippen LogP contribution in [0.3, 0.4) is 0 Å². The van der Waals surface area contributed by atoms with Crippen molar-refractivity contribution in [3.8, 4) is 0 Å². The third-order valence-corrected chi connectivity index (χ3v) is 2.83. The summed E-state index contributed by atoms with van der Waals surface area (Å²) >= 11 is 7.14. The molecule has 0 aromatic carbocycles. The summed E-state index contributed by atoms with van der Waals surface area (Å²) in [6, 6.07) is 3.29. The number of rotatable bonds is 3. The van der Waals surface area contributed by atoms with Crippen LogP contribution in [0.1, 0.15) is 15.4 Å². The summed E-state index contributed by atoms with van der Waals surface area (Å²) in [6.45, 7) is 0. The minimum Gasteiger partial charge on any atom is -0.292 e. The molecule has 3 nitrogen and oxygen atoms in total. The summed E-state index contributed by atoms with van der Waals surface area (Å²) < 4.78 is 0. The van der Waals surface area contributed by atoms with Crippen molar-refractivity contribution < 1.29 is 4.79 Å². The van der Waals surface area contributed by atoms with E-state index in [0.717, 1.165) is 4.88 Å². The Morgan fingerprint density at radius 2 is 2.27 bits per heavy atom. The fourth-order valence-corrected chi connectivity index (χ4v) is 1.82. The quantitative estimate of drug-likeness (QED) is 0.772. The molecule has 2 rings (SSSR count). The second-order valence-electron chi connectivity index (χ2n) is 2.93. The van der Waals surface area contributed by atoms with Gasteiger partial charge >= 0.3 is 0 Å². The monoisotopic (exact) mass is 238 g/mol. The summed E-state index contributed by atoms with van der Waals surface area (Å²) in [6.07, 6.45) is 3.51. The van der Waals surface area contributed by atoms with Crippen LogP contribution < -0.4 is 0 Å². The van der Waals surface area contributed by atoms with E-state index in [2.05, 4.69) is 9.97 Å². The Labute approximate surface area is 95.8 Å². The highest BCUT2D eigenvalue weighted by Gasteiger charge is 2.09. The topological polar surface area (TPSA) is 42.9 Å². The van der Waals surface area contributed by atoms with Gasteiger partial charge in [-0.3, -0.25) is 14.8 Å². The van der Waals surface area contributed by atoms with Crippen LogP contribution in [0.5, 0.6) is 0 Å². The van der Waals surface area contributed by atoms with Gasteiger partial charge in [-0.15, -0.1) is 11.3 Å². The summed E-state index contributed by atoms with van der Waals surface area (Å²) in [5.41, 5.74) is 2.14. The van der Waals surface area contributed by atoms with Crippen LogP contribution in [0.2, 0.25) is 5.02 Å². The van der Waals surface area contributed by atoms with Crippen LogP contribution in [0, 0.1) is 0 Å². The predicted molar refractivity (Wildman–Crippen MR) is 59.4 cm³/mol. The minimum atomic E-state index is -0.0177. The van der Waals surface area contributed by atoms with Gasteiger partial charge in [-0.05, 0) is 12.1 Å². The molecule has 15 heavy (non-hydrogen) atoms. The molecule has 0 bridgehead atoms. The van der Waals surface area contributed by atoms with Crippen molar-refractivity contribution in [2.24, 2.45) is 0 Å². The molecule has 76 valence electrons. The molecule has 0 aliphatic heterocycles. The first kappa shape index (κ1) is 10.3. The zero-order chi connectivity index (χ0) is 10.7. The molecule has 0 spiro atoms. The molecule has 0 saturated heterocycles. The maximum atomic E-state index is 11.7. The Morgan fingerprint density at radius 1 is 1.40 bits per heavy atom. The molecule has 2 aromatic heterocycles. The van der Waals surface area contributed by atoms with Gasteiger partial charge in [-0.2, -0.15) is 0 Å². The molecule has 0 atom stereocenters. The standard InChI is InChI=1S/C10H7ClN2OS/c11-7-1-2-9(13-4-7)10(14)3-8-5-12-6-15-8/h1-2,4-6H,3H2. The number of hydrogen-bond acceptors (Lipinski definition) is 4. The lowest BCUT2D eigenvalue weighted by Gasteiger charge is -1.97. The molecular weight excluding hydrogens is 232 g/mol. The lowest BCUT2D eigenvalue weighted by Crippen LogP contribution is -2.04. The molecule has 5 heteroatoms. The smallest absolute Gasteiger partial charge is 0.186 e. The average Bonchev–Trinajstić information content (AvgIpc) is 2.71. The molecule has 0 amide bonds. The van der Waals surface area contributed by atoms with Crippen LogP contribution in [0.4, 0.5) is 0 Å². The zero-order valence-electron chi connectivity index (χ0n) is 7.68. The van der Waals surface area contributed by atoms with Crippen molar-refractivity contribution in [2.75, 3.05) is 0 Å².